The minimum atomic E-state index is -0.901. The van der Waals surface area contributed by atoms with Crippen LogP contribution in [-0.4, -0.2) is 11.1 Å². The fourth-order valence-corrected chi connectivity index (χ4v) is 4.87. The van der Waals surface area contributed by atoms with E-state index in [1.54, 1.807) is 37.3 Å². The van der Waals surface area contributed by atoms with Crippen molar-refractivity contribution in [2.75, 3.05) is 0 Å². The summed E-state index contributed by atoms with van der Waals surface area (Å²) in [5.74, 6) is -0.176. The highest BCUT2D eigenvalue weighted by molar-refractivity contribution is 5.71. The number of ether oxygens (including phenoxy) is 1. The summed E-state index contributed by atoms with van der Waals surface area (Å²) in [5, 5.41) is 9.21. The van der Waals surface area contributed by atoms with Gasteiger partial charge in [0.15, 0.2) is 0 Å². The van der Waals surface area contributed by atoms with Crippen LogP contribution in [0.3, 0.4) is 0 Å². The van der Waals surface area contributed by atoms with Gasteiger partial charge in [-0.15, -0.1) is 0 Å². The predicted molar refractivity (Wildman–Crippen MR) is 132 cm³/mol. The molecule has 178 valence electrons. The third-order valence-corrected chi connectivity index (χ3v) is 6.63. The Morgan fingerprint density at radius 2 is 1.85 bits per heavy atom. The molecule has 4 nitrogen and oxygen atoms in total. The minimum Gasteiger partial charge on any atom is -0.489 e. The lowest BCUT2D eigenvalue weighted by Crippen LogP contribution is -2.09. The van der Waals surface area contributed by atoms with Gasteiger partial charge in [-0.1, -0.05) is 67.8 Å². The lowest BCUT2D eigenvalue weighted by molar-refractivity contribution is -0.136. The first-order valence-electron chi connectivity index (χ1n) is 12.0. The second-order valence-corrected chi connectivity index (χ2v) is 9.26. The smallest absolute Gasteiger partial charge is 0.307 e. The molecular weight excluding hydrogens is 429 g/mol. The molecule has 0 radical (unpaired) electrons. The van der Waals surface area contributed by atoms with Gasteiger partial charge in [0, 0.05) is 22.7 Å². The molecule has 3 aromatic carbocycles. The van der Waals surface area contributed by atoms with Gasteiger partial charge in [-0.3, -0.25) is 4.79 Å². The van der Waals surface area contributed by atoms with Crippen molar-refractivity contribution in [1.82, 2.24) is 0 Å². The Bertz CT molecular complexity index is 1150. The number of aliphatic carboxylic acids is 1. The molecule has 0 aliphatic heterocycles. The van der Waals surface area contributed by atoms with Gasteiger partial charge >= 0.3 is 5.97 Å². The first-order chi connectivity index (χ1) is 16.4. The van der Waals surface area contributed by atoms with Gasteiger partial charge < -0.3 is 15.6 Å². The van der Waals surface area contributed by atoms with Crippen LogP contribution in [-0.2, 0) is 17.8 Å². The Balaban J connectivity index is 1.69. The van der Waals surface area contributed by atoms with Gasteiger partial charge in [0.1, 0.15) is 18.2 Å². The van der Waals surface area contributed by atoms with Crippen molar-refractivity contribution in [3.8, 4) is 16.9 Å². The molecule has 1 aliphatic rings. The number of para-hydroxylation sites is 1. The topological polar surface area (TPSA) is 72.5 Å². The van der Waals surface area contributed by atoms with E-state index in [0.717, 1.165) is 24.0 Å². The van der Waals surface area contributed by atoms with E-state index in [-0.39, 0.29) is 18.8 Å². The van der Waals surface area contributed by atoms with E-state index < -0.39 is 12.0 Å². The van der Waals surface area contributed by atoms with Crippen LogP contribution in [0.25, 0.3) is 11.1 Å². The second-order valence-electron chi connectivity index (χ2n) is 9.26. The lowest BCUT2D eigenvalue weighted by atomic mass is 9.82. The zero-order chi connectivity index (χ0) is 24.1. The SMILES string of the molecule is C[C@@H](N)c1cccc(-c2cc(COc3ccccc3CC(=O)O)cc(C3CCCCC3)c2)c1F. The van der Waals surface area contributed by atoms with Crippen molar-refractivity contribution in [3.05, 3.63) is 88.7 Å². The lowest BCUT2D eigenvalue weighted by Gasteiger charge is -2.24. The number of carboxylic acids is 1. The van der Waals surface area contributed by atoms with E-state index in [2.05, 4.69) is 12.1 Å². The molecule has 34 heavy (non-hydrogen) atoms. The van der Waals surface area contributed by atoms with Gasteiger partial charge in [-0.25, -0.2) is 4.39 Å². The van der Waals surface area contributed by atoms with E-state index in [9.17, 15) is 9.90 Å². The first-order valence-corrected chi connectivity index (χ1v) is 12.0. The molecule has 1 atom stereocenters. The third kappa shape index (κ3) is 5.65. The van der Waals surface area contributed by atoms with Crippen LogP contribution in [0.5, 0.6) is 5.75 Å². The van der Waals surface area contributed by atoms with Gasteiger partial charge in [0.05, 0.1) is 6.42 Å². The maximum atomic E-state index is 15.4. The summed E-state index contributed by atoms with van der Waals surface area (Å²) < 4.78 is 21.4. The van der Waals surface area contributed by atoms with Crippen LogP contribution in [0.1, 0.15) is 73.2 Å². The zero-order valence-electron chi connectivity index (χ0n) is 19.6. The highest BCUT2D eigenvalue weighted by atomic mass is 19.1. The van der Waals surface area contributed by atoms with Gasteiger partial charge in [-0.05, 0) is 54.5 Å². The van der Waals surface area contributed by atoms with Crippen LogP contribution in [0.4, 0.5) is 4.39 Å². The number of carboxylic acid groups (broad SMARTS) is 1. The molecule has 0 spiro atoms. The molecule has 1 fully saturated rings. The maximum Gasteiger partial charge on any atom is 0.307 e. The highest BCUT2D eigenvalue weighted by Crippen LogP contribution is 2.37. The Hall–Kier alpha value is -3.18. The summed E-state index contributed by atoms with van der Waals surface area (Å²) in [7, 11) is 0. The molecule has 0 unspecified atom stereocenters. The third-order valence-electron chi connectivity index (χ3n) is 6.63. The van der Waals surface area contributed by atoms with Crippen LogP contribution >= 0.6 is 0 Å². The van der Waals surface area contributed by atoms with Crippen molar-refractivity contribution in [3.63, 3.8) is 0 Å². The van der Waals surface area contributed by atoms with E-state index in [1.165, 1.54) is 24.8 Å². The van der Waals surface area contributed by atoms with Crippen LogP contribution in [0.15, 0.2) is 60.7 Å². The number of benzene rings is 3. The second kappa shape index (κ2) is 10.8. The first kappa shape index (κ1) is 24.0. The number of hydrogen-bond acceptors (Lipinski definition) is 3. The quantitative estimate of drug-likeness (QED) is 0.388. The number of hydrogen-bond donors (Lipinski definition) is 2. The molecule has 4 rings (SSSR count). The molecule has 1 aliphatic carbocycles. The monoisotopic (exact) mass is 461 g/mol. The maximum absolute atomic E-state index is 15.4. The molecule has 0 saturated heterocycles. The Morgan fingerprint density at radius 3 is 2.59 bits per heavy atom. The van der Waals surface area contributed by atoms with Crippen molar-refractivity contribution in [1.29, 1.82) is 0 Å². The summed E-state index contributed by atoms with van der Waals surface area (Å²) in [6.45, 7) is 2.06. The normalized spacial score (nSPS) is 15.1. The van der Waals surface area contributed by atoms with Gasteiger partial charge in [0.25, 0.3) is 0 Å². The number of halogens is 1. The standard InChI is InChI=1S/C29H32FNO3/c1-19(31)25-11-7-12-26(29(25)30)24-15-20(14-23(16-24)21-8-3-2-4-9-21)18-34-27-13-6-5-10-22(27)17-28(32)33/h5-7,10-16,19,21H,2-4,8-9,17-18,31H2,1H3,(H,32,33)/t19-/m1/s1. The highest BCUT2D eigenvalue weighted by Gasteiger charge is 2.19. The van der Waals surface area contributed by atoms with Gasteiger partial charge in [-0.2, -0.15) is 0 Å². The van der Waals surface area contributed by atoms with E-state index in [1.807, 2.05) is 18.2 Å². The Kier molecular flexibility index (Phi) is 7.63. The van der Waals surface area contributed by atoms with Crippen LogP contribution in [0.2, 0.25) is 0 Å². The average Bonchev–Trinajstić information content (AvgIpc) is 2.83. The molecule has 0 bridgehead atoms. The van der Waals surface area contributed by atoms with Crippen LogP contribution < -0.4 is 10.5 Å². The van der Waals surface area contributed by atoms with E-state index in [4.69, 9.17) is 10.5 Å². The largest absolute Gasteiger partial charge is 0.489 e. The fourth-order valence-electron chi connectivity index (χ4n) is 4.87. The number of nitrogens with two attached hydrogens (primary N) is 1. The molecule has 1 saturated carbocycles. The average molecular weight is 462 g/mol. The summed E-state index contributed by atoms with van der Waals surface area (Å²) in [4.78, 5) is 11.2. The molecule has 3 aromatic rings. The van der Waals surface area contributed by atoms with Crippen LogP contribution in [0, 0.1) is 5.82 Å². The summed E-state index contributed by atoms with van der Waals surface area (Å²) in [6.07, 6.45) is 5.84. The minimum absolute atomic E-state index is 0.0984. The Morgan fingerprint density at radius 1 is 1.09 bits per heavy atom. The van der Waals surface area contributed by atoms with Crippen molar-refractivity contribution in [2.24, 2.45) is 5.73 Å². The molecule has 0 aromatic heterocycles. The van der Waals surface area contributed by atoms with Crippen molar-refractivity contribution < 1.29 is 19.0 Å². The molecule has 5 heteroatoms. The summed E-state index contributed by atoms with van der Waals surface area (Å²) >= 11 is 0. The van der Waals surface area contributed by atoms with Crippen molar-refractivity contribution in [2.45, 2.75) is 64.0 Å². The summed E-state index contributed by atoms with van der Waals surface area (Å²) in [5.41, 5.74) is 10.6. The number of carbonyl (C=O) groups is 1. The number of rotatable bonds is 8. The summed E-state index contributed by atoms with van der Waals surface area (Å²) in [6, 6.07) is 18.4. The molecule has 0 heterocycles. The predicted octanol–water partition coefficient (Wildman–Crippen LogP) is 6.77. The van der Waals surface area contributed by atoms with Crippen molar-refractivity contribution >= 4 is 5.97 Å². The zero-order valence-corrected chi connectivity index (χ0v) is 19.6. The van der Waals surface area contributed by atoms with E-state index >= 15 is 4.39 Å². The molecule has 3 N–H and O–H groups in total. The Labute approximate surface area is 200 Å². The van der Waals surface area contributed by atoms with E-state index in [0.29, 0.717) is 28.4 Å². The molecule has 0 amide bonds. The van der Waals surface area contributed by atoms with Gasteiger partial charge in [0.2, 0.25) is 0 Å². The fraction of sp³-hybridized carbons (Fsp3) is 0.345. The molecular formula is C29H32FNO3.